The molecule has 1 fully saturated rings. The molecule has 2 rings (SSSR count). The first-order valence-corrected chi connectivity index (χ1v) is 5.38. The summed E-state index contributed by atoms with van der Waals surface area (Å²) >= 11 is 0. The number of aliphatic hydroxyl groups excluding tert-OH is 1. The second-order valence-corrected chi connectivity index (χ2v) is 4.07. The molecule has 0 amide bonds. The first-order chi connectivity index (χ1) is 7.35. The van der Waals surface area contributed by atoms with Crippen molar-refractivity contribution in [3.8, 4) is 5.75 Å². The minimum atomic E-state index is -0.226. The van der Waals surface area contributed by atoms with Crippen LogP contribution >= 0.6 is 12.4 Å². The van der Waals surface area contributed by atoms with Crippen LogP contribution in [0, 0.1) is 0 Å². The van der Waals surface area contributed by atoms with Crippen molar-refractivity contribution < 1.29 is 9.84 Å². The Labute approximate surface area is 102 Å². The van der Waals surface area contributed by atoms with Gasteiger partial charge < -0.3 is 15.2 Å². The summed E-state index contributed by atoms with van der Waals surface area (Å²) in [6, 6.07) is 9.72. The maximum Gasteiger partial charge on any atom is 0.119 e. The highest BCUT2D eigenvalue weighted by Gasteiger charge is 2.33. The van der Waals surface area contributed by atoms with Crippen LogP contribution in [0.2, 0.25) is 0 Å². The number of para-hydroxylation sites is 1. The standard InChI is InChI=1S/C12H17NO2.ClH/c14-9-12(7-4-8-13-12)10-15-11-5-2-1-3-6-11;/h1-3,5-6,13-14H,4,7-10H2;1H. The third kappa shape index (κ3) is 3.11. The van der Waals surface area contributed by atoms with E-state index in [1.807, 2.05) is 30.3 Å². The number of aliphatic hydroxyl groups is 1. The van der Waals surface area contributed by atoms with Gasteiger partial charge in [0.2, 0.25) is 0 Å². The minimum absolute atomic E-state index is 0. The van der Waals surface area contributed by atoms with Crippen molar-refractivity contribution in [1.29, 1.82) is 0 Å². The van der Waals surface area contributed by atoms with Gasteiger partial charge in [0, 0.05) is 0 Å². The number of halogens is 1. The van der Waals surface area contributed by atoms with Crippen LogP contribution in [-0.2, 0) is 0 Å². The summed E-state index contributed by atoms with van der Waals surface area (Å²) in [5.74, 6) is 0.860. The second kappa shape index (κ2) is 6.09. The highest BCUT2D eigenvalue weighted by Crippen LogP contribution is 2.20. The van der Waals surface area contributed by atoms with Crippen LogP contribution in [0.1, 0.15) is 12.8 Å². The first kappa shape index (κ1) is 13.3. The zero-order chi connectivity index (χ0) is 10.6. The van der Waals surface area contributed by atoms with Crippen molar-refractivity contribution in [2.75, 3.05) is 19.8 Å². The normalized spacial score (nSPS) is 23.8. The van der Waals surface area contributed by atoms with Crippen molar-refractivity contribution in [1.82, 2.24) is 5.32 Å². The molecule has 0 saturated carbocycles. The van der Waals surface area contributed by atoms with Gasteiger partial charge >= 0.3 is 0 Å². The van der Waals surface area contributed by atoms with Crippen LogP contribution in [0.5, 0.6) is 5.75 Å². The maximum absolute atomic E-state index is 9.35. The molecule has 3 nitrogen and oxygen atoms in total. The van der Waals surface area contributed by atoms with E-state index in [1.54, 1.807) is 0 Å². The van der Waals surface area contributed by atoms with E-state index in [-0.39, 0.29) is 24.6 Å². The van der Waals surface area contributed by atoms with Crippen molar-refractivity contribution in [3.63, 3.8) is 0 Å². The van der Waals surface area contributed by atoms with Gasteiger partial charge in [0.25, 0.3) is 0 Å². The topological polar surface area (TPSA) is 41.5 Å². The van der Waals surface area contributed by atoms with E-state index in [9.17, 15) is 5.11 Å². The molecule has 1 atom stereocenters. The van der Waals surface area contributed by atoms with Gasteiger partial charge in [-0.3, -0.25) is 0 Å². The Kier molecular flexibility index (Phi) is 5.06. The van der Waals surface area contributed by atoms with Gasteiger partial charge in [-0.15, -0.1) is 12.4 Å². The van der Waals surface area contributed by atoms with Gasteiger partial charge in [0.15, 0.2) is 0 Å². The van der Waals surface area contributed by atoms with Crippen LogP contribution in [0.4, 0.5) is 0 Å². The summed E-state index contributed by atoms with van der Waals surface area (Å²) in [5.41, 5.74) is -0.226. The Morgan fingerprint density at radius 2 is 2.06 bits per heavy atom. The Morgan fingerprint density at radius 1 is 1.31 bits per heavy atom. The maximum atomic E-state index is 9.35. The Hall–Kier alpha value is -0.770. The molecule has 1 aliphatic rings. The zero-order valence-electron chi connectivity index (χ0n) is 9.19. The SMILES string of the molecule is Cl.OCC1(COc2ccccc2)CCCN1. The number of hydrogen-bond donors (Lipinski definition) is 2. The van der Waals surface area contributed by atoms with Gasteiger partial charge in [0.1, 0.15) is 12.4 Å². The third-order valence-electron chi connectivity index (χ3n) is 2.89. The van der Waals surface area contributed by atoms with Crippen molar-refractivity contribution in [3.05, 3.63) is 30.3 Å². The molecule has 16 heavy (non-hydrogen) atoms. The Balaban J connectivity index is 0.00000128. The average Bonchev–Trinajstić information content (AvgIpc) is 2.77. The highest BCUT2D eigenvalue weighted by molar-refractivity contribution is 5.85. The summed E-state index contributed by atoms with van der Waals surface area (Å²) in [6.45, 7) is 1.64. The Bertz CT molecular complexity index is 299. The molecule has 0 aromatic heterocycles. The number of hydrogen-bond acceptors (Lipinski definition) is 3. The molecule has 1 aromatic rings. The Morgan fingerprint density at radius 3 is 2.62 bits per heavy atom. The molecule has 0 radical (unpaired) electrons. The molecular formula is C12H18ClNO2. The summed E-state index contributed by atoms with van der Waals surface area (Å²) in [5, 5.41) is 12.7. The molecule has 0 aliphatic carbocycles. The summed E-state index contributed by atoms with van der Waals surface area (Å²) in [7, 11) is 0. The fraction of sp³-hybridized carbons (Fsp3) is 0.500. The molecule has 1 unspecified atom stereocenters. The summed E-state index contributed by atoms with van der Waals surface area (Å²) in [4.78, 5) is 0. The second-order valence-electron chi connectivity index (χ2n) is 4.07. The number of rotatable bonds is 4. The van der Waals surface area contributed by atoms with Gasteiger partial charge in [0.05, 0.1) is 12.1 Å². The lowest BCUT2D eigenvalue weighted by molar-refractivity contribution is 0.118. The van der Waals surface area contributed by atoms with Gasteiger partial charge in [-0.1, -0.05) is 18.2 Å². The molecule has 0 bridgehead atoms. The fourth-order valence-electron chi connectivity index (χ4n) is 1.91. The number of nitrogens with one attached hydrogen (secondary N) is 1. The fourth-order valence-corrected chi connectivity index (χ4v) is 1.91. The summed E-state index contributed by atoms with van der Waals surface area (Å²) < 4.78 is 5.66. The smallest absolute Gasteiger partial charge is 0.119 e. The average molecular weight is 244 g/mol. The largest absolute Gasteiger partial charge is 0.492 e. The van der Waals surface area contributed by atoms with Gasteiger partial charge in [-0.2, -0.15) is 0 Å². The monoisotopic (exact) mass is 243 g/mol. The molecular weight excluding hydrogens is 226 g/mol. The lowest BCUT2D eigenvalue weighted by Crippen LogP contribution is -2.48. The van der Waals surface area contributed by atoms with Crippen molar-refractivity contribution in [2.45, 2.75) is 18.4 Å². The van der Waals surface area contributed by atoms with E-state index in [4.69, 9.17) is 4.74 Å². The molecule has 2 N–H and O–H groups in total. The van der Waals surface area contributed by atoms with Crippen LogP contribution in [-0.4, -0.2) is 30.4 Å². The van der Waals surface area contributed by atoms with Gasteiger partial charge in [-0.05, 0) is 31.5 Å². The molecule has 90 valence electrons. The summed E-state index contributed by atoms with van der Waals surface area (Å²) in [6.07, 6.45) is 2.09. The molecule has 1 saturated heterocycles. The number of benzene rings is 1. The van der Waals surface area contributed by atoms with Crippen LogP contribution < -0.4 is 10.1 Å². The predicted molar refractivity (Wildman–Crippen MR) is 66.2 cm³/mol. The van der Waals surface area contributed by atoms with Crippen LogP contribution in [0.15, 0.2) is 30.3 Å². The molecule has 1 heterocycles. The quantitative estimate of drug-likeness (QED) is 0.844. The minimum Gasteiger partial charge on any atom is -0.492 e. The molecule has 1 aromatic carbocycles. The molecule has 0 spiro atoms. The van der Waals surface area contributed by atoms with E-state index in [0.29, 0.717) is 6.61 Å². The predicted octanol–water partition coefficient (Wildman–Crippen LogP) is 1.60. The van der Waals surface area contributed by atoms with E-state index < -0.39 is 0 Å². The third-order valence-corrected chi connectivity index (χ3v) is 2.89. The van der Waals surface area contributed by atoms with Crippen LogP contribution in [0.25, 0.3) is 0 Å². The van der Waals surface area contributed by atoms with E-state index in [2.05, 4.69) is 5.32 Å². The lowest BCUT2D eigenvalue weighted by atomic mass is 10.0. The van der Waals surface area contributed by atoms with Gasteiger partial charge in [-0.25, -0.2) is 0 Å². The highest BCUT2D eigenvalue weighted by atomic mass is 35.5. The van der Waals surface area contributed by atoms with E-state index in [0.717, 1.165) is 25.1 Å². The van der Waals surface area contributed by atoms with Crippen molar-refractivity contribution in [2.24, 2.45) is 0 Å². The van der Waals surface area contributed by atoms with E-state index >= 15 is 0 Å². The zero-order valence-corrected chi connectivity index (χ0v) is 10.0. The van der Waals surface area contributed by atoms with Crippen molar-refractivity contribution >= 4 is 12.4 Å². The molecule has 4 heteroatoms. The van der Waals surface area contributed by atoms with Crippen LogP contribution in [0.3, 0.4) is 0 Å². The lowest BCUT2D eigenvalue weighted by Gasteiger charge is -2.26. The molecule has 1 aliphatic heterocycles. The number of ether oxygens (including phenoxy) is 1. The van der Waals surface area contributed by atoms with E-state index in [1.165, 1.54) is 0 Å². The first-order valence-electron chi connectivity index (χ1n) is 5.38.